The zero-order chi connectivity index (χ0) is 37.4. The summed E-state index contributed by atoms with van der Waals surface area (Å²) >= 11 is 0. The first-order valence-corrected chi connectivity index (χ1v) is 19.3. The Morgan fingerprint density at radius 2 is 0.786 bits per heavy atom. The van der Waals surface area contributed by atoms with Gasteiger partial charge in [0.2, 0.25) is 0 Å². The molecule has 10 rings (SSSR count). The lowest BCUT2D eigenvalue weighted by atomic mass is 9.81. The maximum atomic E-state index is 2.43. The molecule has 0 aliphatic heterocycles. The number of hydrogen-bond acceptors (Lipinski definition) is 1. The first-order chi connectivity index (χ1) is 27.7. The fraction of sp³-hybridized carbons (Fsp3) is 0.0182. The lowest BCUT2D eigenvalue weighted by Crippen LogP contribution is -2.10. The maximum Gasteiger partial charge on any atom is 0.0468 e. The van der Waals surface area contributed by atoms with E-state index in [0.717, 1.165) is 17.1 Å². The second-order valence-corrected chi connectivity index (χ2v) is 14.6. The molecule has 0 aromatic heterocycles. The second kappa shape index (κ2) is 14.2. The normalized spacial score (nSPS) is 11.3. The van der Waals surface area contributed by atoms with E-state index < -0.39 is 0 Å². The highest BCUT2D eigenvalue weighted by molar-refractivity contribution is 6.33. The molecule has 1 heteroatoms. The van der Waals surface area contributed by atoms with Gasteiger partial charge in [-0.05, 0) is 132 Å². The Morgan fingerprint density at radius 1 is 0.286 bits per heavy atom. The van der Waals surface area contributed by atoms with E-state index in [4.69, 9.17) is 0 Å². The van der Waals surface area contributed by atoms with Crippen molar-refractivity contribution in [3.8, 4) is 44.5 Å². The van der Waals surface area contributed by atoms with Crippen molar-refractivity contribution in [3.63, 3.8) is 0 Å². The molecular weight excluding hydrogens is 675 g/mol. The molecule has 0 radical (unpaired) electrons. The standard InChI is InChI=1S/C55H39N/c1-38-17-16-26-45(35-38)56(44-31-29-40(30-32-44)39-18-6-2-7-19-39)46-33-34-49-52(36-46)47-27-14-15-28-48(47)54-51(42-22-10-4-11-23-42)37-50(41-20-8-3-9-21-41)53(55(49)54)43-24-12-5-13-25-43/h2-37H,1H3. The lowest BCUT2D eigenvalue weighted by Gasteiger charge is -2.27. The van der Waals surface area contributed by atoms with E-state index in [9.17, 15) is 0 Å². The summed E-state index contributed by atoms with van der Waals surface area (Å²) in [7, 11) is 0. The molecule has 0 fully saturated rings. The van der Waals surface area contributed by atoms with Crippen molar-refractivity contribution in [3.05, 3.63) is 224 Å². The van der Waals surface area contributed by atoms with Crippen LogP contribution in [-0.2, 0) is 0 Å². The highest BCUT2D eigenvalue weighted by Gasteiger charge is 2.23. The number of benzene rings is 10. The molecule has 264 valence electrons. The van der Waals surface area contributed by atoms with Crippen molar-refractivity contribution in [1.29, 1.82) is 0 Å². The third-order valence-corrected chi connectivity index (χ3v) is 11.1. The SMILES string of the molecule is Cc1cccc(N(c2ccc(-c3ccccc3)cc2)c2ccc3c(c2)c2ccccc2c2c(-c4ccccc4)cc(-c4ccccc4)c(-c4ccccc4)c32)c1. The third-order valence-electron chi connectivity index (χ3n) is 11.1. The van der Waals surface area contributed by atoms with E-state index >= 15 is 0 Å². The fourth-order valence-corrected chi connectivity index (χ4v) is 8.52. The Kier molecular flexibility index (Phi) is 8.46. The van der Waals surface area contributed by atoms with E-state index in [-0.39, 0.29) is 0 Å². The van der Waals surface area contributed by atoms with Crippen molar-refractivity contribution in [2.75, 3.05) is 4.90 Å². The molecule has 10 aromatic rings. The summed E-state index contributed by atoms with van der Waals surface area (Å²) in [4.78, 5) is 2.40. The summed E-state index contributed by atoms with van der Waals surface area (Å²) in [6, 6.07) is 79.6. The molecule has 0 saturated heterocycles. The van der Waals surface area contributed by atoms with Gasteiger partial charge in [0.15, 0.2) is 0 Å². The Morgan fingerprint density at radius 3 is 1.43 bits per heavy atom. The molecule has 0 heterocycles. The zero-order valence-electron chi connectivity index (χ0n) is 31.2. The molecular formula is C55H39N. The molecule has 0 unspecified atom stereocenters. The number of nitrogens with zero attached hydrogens (tertiary/aromatic N) is 1. The molecule has 0 saturated carbocycles. The minimum absolute atomic E-state index is 1.11. The number of rotatable bonds is 7. The molecule has 0 aliphatic carbocycles. The molecule has 0 amide bonds. The van der Waals surface area contributed by atoms with E-state index in [1.807, 2.05) is 0 Å². The van der Waals surface area contributed by atoms with Crippen LogP contribution in [0.1, 0.15) is 5.56 Å². The zero-order valence-corrected chi connectivity index (χ0v) is 31.2. The van der Waals surface area contributed by atoms with Crippen molar-refractivity contribution in [2.45, 2.75) is 6.92 Å². The van der Waals surface area contributed by atoms with E-state index in [0.29, 0.717) is 0 Å². The Hall–Kier alpha value is -7.22. The fourth-order valence-electron chi connectivity index (χ4n) is 8.52. The maximum absolute atomic E-state index is 2.43. The van der Waals surface area contributed by atoms with Gasteiger partial charge in [0, 0.05) is 17.1 Å². The molecule has 0 spiro atoms. The monoisotopic (exact) mass is 713 g/mol. The van der Waals surface area contributed by atoms with Gasteiger partial charge in [0.25, 0.3) is 0 Å². The largest absolute Gasteiger partial charge is 0.310 e. The van der Waals surface area contributed by atoms with Gasteiger partial charge in [-0.1, -0.05) is 176 Å². The summed E-state index contributed by atoms with van der Waals surface area (Å²) < 4.78 is 0. The van der Waals surface area contributed by atoms with Crippen LogP contribution in [0.4, 0.5) is 17.1 Å². The highest BCUT2D eigenvalue weighted by atomic mass is 15.1. The molecule has 0 aliphatic rings. The summed E-state index contributed by atoms with van der Waals surface area (Å²) in [5.74, 6) is 0. The lowest BCUT2D eigenvalue weighted by molar-refractivity contribution is 1.28. The highest BCUT2D eigenvalue weighted by Crippen LogP contribution is 2.50. The second-order valence-electron chi connectivity index (χ2n) is 14.6. The van der Waals surface area contributed by atoms with Gasteiger partial charge in [0.1, 0.15) is 0 Å². The van der Waals surface area contributed by atoms with Crippen LogP contribution in [0.3, 0.4) is 0 Å². The van der Waals surface area contributed by atoms with Crippen molar-refractivity contribution in [2.24, 2.45) is 0 Å². The van der Waals surface area contributed by atoms with Crippen LogP contribution in [0.15, 0.2) is 218 Å². The molecule has 0 N–H and O–H groups in total. The quantitative estimate of drug-likeness (QED) is 0.149. The van der Waals surface area contributed by atoms with Crippen LogP contribution in [0.5, 0.6) is 0 Å². The number of aryl methyl sites for hydroxylation is 1. The summed E-state index contributed by atoms with van der Waals surface area (Å²) in [6.07, 6.45) is 0. The van der Waals surface area contributed by atoms with Crippen LogP contribution in [0.25, 0.3) is 76.8 Å². The third kappa shape index (κ3) is 5.91. The minimum Gasteiger partial charge on any atom is -0.310 e. The van der Waals surface area contributed by atoms with Gasteiger partial charge in [-0.3, -0.25) is 0 Å². The van der Waals surface area contributed by atoms with Gasteiger partial charge in [-0.25, -0.2) is 0 Å². The van der Waals surface area contributed by atoms with Crippen LogP contribution in [-0.4, -0.2) is 0 Å². The van der Waals surface area contributed by atoms with Crippen LogP contribution in [0, 0.1) is 6.92 Å². The van der Waals surface area contributed by atoms with E-state index in [2.05, 4.69) is 230 Å². The molecule has 0 bridgehead atoms. The van der Waals surface area contributed by atoms with Crippen molar-refractivity contribution in [1.82, 2.24) is 0 Å². The van der Waals surface area contributed by atoms with E-state index in [1.54, 1.807) is 0 Å². The average molecular weight is 714 g/mol. The number of fused-ring (bicyclic) bond motifs is 6. The Balaban J connectivity index is 1.31. The predicted molar refractivity (Wildman–Crippen MR) is 240 cm³/mol. The smallest absolute Gasteiger partial charge is 0.0468 e. The Bertz CT molecular complexity index is 2990. The summed E-state index contributed by atoms with van der Waals surface area (Å²) in [6.45, 7) is 2.17. The molecule has 0 atom stereocenters. The molecule has 10 aromatic carbocycles. The minimum atomic E-state index is 1.11. The first kappa shape index (κ1) is 33.4. The Labute approximate surface area is 328 Å². The van der Waals surface area contributed by atoms with Crippen LogP contribution in [0.2, 0.25) is 0 Å². The molecule has 56 heavy (non-hydrogen) atoms. The van der Waals surface area contributed by atoms with E-state index in [1.165, 1.54) is 82.4 Å². The van der Waals surface area contributed by atoms with Crippen molar-refractivity contribution >= 4 is 49.4 Å². The summed E-state index contributed by atoms with van der Waals surface area (Å²) in [5.41, 5.74) is 14.3. The van der Waals surface area contributed by atoms with Gasteiger partial charge in [-0.2, -0.15) is 0 Å². The predicted octanol–water partition coefficient (Wildman–Crippen LogP) is 15.6. The van der Waals surface area contributed by atoms with Gasteiger partial charge >= 0.3 is 0 Å². The summed E-state index contributed by atoms with van der Waals surface area (Å²) in [5, 5.41) is 7.50. The number of anilines is 3. The first-order valence-electron chi connectivity index (χ1n) is 19.3. The van der Waals surface area contributed by atoms with Crippen LogP contribution < -0.4 is 4.90 Å². The van der Waals surface area contributed by atoms with Gasteiger partial charge in [-0.15, -0.1) is 0 Å². The molecule has 1 nitrogen and oxygen atoms in total. The average Bonchev–Trinajstić information content (AvgIpc) is 3.27. The van der Waals surface area contributed by atoms with Crippen LogP contribution >= 0.6 is 0 Å². The van der Waals surface area contributed by atoms with Crippen molar-refractivity contribution < 1.29 is 0 Å². The van der Waals surface area contributed by atoms with Gasteiger partial charge < -0.3 is 4.90 Å². The van der Waals surface area contributed by atoms with Gasteiger partial charge in [0.05, 0.1) is 0 Å². The topological polar surface area (TPSA) is 3.24 Å². The number of hydrogen-bond donors (Lipinski definition) is 0.